The van der Waals surface area contributed by atoms with E-state index in [0.717, 1.165) is 50.0 Å². The van der Waals surface area contributed by atoms with Crippen LogP contribution < -0.4 is 4.90 Å². The molecule has 0 unspecified atom stereocenters. The van der Waals surface area contributed by atoms with Gasteiger partial charge in [0, 0.05) is 62.7 Å². The molecule has 0 N–H and O–H groups in total. The SMILES string of the molecule is C=C(OCC)c1cnc(N2CCC(CN(C)CCc3cn(C)c4ccccc34)CC2)nc1. The van der Waals surface area contributed by atoms with Crippen molar-refractivity contribution >= 4 is 22.6 Å². The van der Waals surface area contributed by atoms with Gasteiger partial charge < -0.3 is 19.1 Å². The Morgan fingerprint density at radius 2 is 1.91 bits per heavy atom. The lowest BCUT2D eigenvalue weighted by molar-refractivity contribution is 0.250. The number of likely N-dealkylation sites (N-methyl/N-ethyl adjacent to an activating group) is 1. The molecule has 0 atom stereocenters. The maximum atomic E-state index is 5.44. The van der Waals surface area contributed by atoms with Gasteiger partial charge in [-0.2, -0.15) is 0 Å². The maximum absolute atomic E-state index is 5.44. The van der Waals surface area contributed by atoms with Crippen LogP contribution in [-0.4, -0.2) is 59.3 Å². The highest BCUT2D eigenvalue weighted by Crippen LogP contribution is 2.23. The Morgan fingerprint density at radius 3 is 2.62 bits per heavy atom. The third kappa shape index (κ3) is 5.13. The van der Waals surface area contributed by atoms with Crippen LogP contribution in [0.3, 0.4) is 0 Å². The van der Waals surface area contributed by atoms with E-state index in [9.17, 15) is 0 Å². The molecule has 0 spiro atoms. The fourth-order valence-electron chi connectivity index (χ4n) is 4.67. The van der Waals surface area contributed by atoms with E-state index in [1.807, 2.05) is 19.3 Å². The highest BCUT2D eigenvalue weighted by Gasteiger charge is 2.22. The van der Waals surface area contributed by atoms with Crippen molar-refractivity contribution in [2.45, 2.75) is 26.2 Å². The van der Waals surface area contributed by atoms with Gasteiger partial charge in [0.15, 0.2) is 0 Å². The Balaban J connectivity index is 1.24. The minimum atomic E-state index is 0.602. The van der Waals surface area contributed by atoms with Crippen molar-refractivity contribution < 1.29 is 4.74 Å². The van der Waals surface area contributed by atoms with E-state index in [4.69, 9.17) is 4.74 Å². The van der Waals surface area contributed by atoms with Gasteiger partial charge >= 0.3 is 0 Å². The van der Waals surface area contributed by atoms with Gasteiger partial charge in [-0.1, -0.05) is 24.8 Å². The van der Waals surface area contributed by atoms with Gasteiger partial charge in [0.25, 0.3) is 0 Å². The van der Waals surface area contributed by atoms with E-state index in [1.54, 1.807) is 0 Å². The fourth-order valence-corrected chi connectivity index (χ4v) is 4.67. The molecule has 0 radical (unpaired) electrons. The topological polar surface area (TPSA) is 46.4 Å². The van der Waals surface area contributed by atoms with Crippen molar-refractivity contribution in [3.05, 3.63) is 60.6 Å². The minimum Gasteiger partial charge on any atom is -0.494 e. The highest BCUT2D eigenvalue weighted by molar-refractivity contribution is 5.83. The number of benzene rings is 1. The number of ether oxygens (including phenoxy) is 1. The number of para-hydroxylation sites is 1. The van der Waals surface area contributed by atoms with Gasteiger partial charge in [-0.15, -0.1) is 0 Å². The van der Waals surface area contributed by atoms with Gasteiger partial charge in [-0.05, 0) is 50.8 Å². The molecule has 4 rings (SSSR count). The molecule has 6 heteroatoms. The molecule has 0 bridgehead atoms. The molecule has 32 heavy (non-hydrogen) atoms. The fraction of sp³-hybridized carbons (Fsp3) is 0.462. The van der Waals surface area contributed by atoms with Crippen molar-refractivity contribution in [2.75, 3.05) is 44.7 Å². The Kier molecular flexibility index (Phi) is 7.10. The Hall–Kier alpha value is -2.86. The average molecular weight is 434 g/mol. The van der Waals surface area contributed by atoms with Crippen LogP contribution in [0.2, 0.25) is 0 Å². The molecule has 2 aromatic heterocycles. The number of aromatic nitrogens is 3. The van der Waals surface area contributed by atoms with Gasteiger partial charge in [-0.3, -0.25) is 0 Å². The first-order valence-electron chi connectivity index (χ1n) is 11.7. The molecule has 170 valence electrons. The Bertz CT molecular complexity index is 1030. The predicted octanol–water partition coefficient (Wildman–Crippen LogP) is 4.37. The molecule has 1 aliphatic rings. The van der Waals surface area contributed by atoms with Crippen LogP contribution in [0.5, 0.6) is 0 Å². The van der Waals surface area contributed by atoms with Crippen molar-refractivity contribution in [1.82, 2.24) is 19.4 Å². The zero-order chi connectivity index (χ0) is 22.5. The second-order valence-corrected chi connectivity index (χ2v) is 8.85. The van der Waals surface area contributed by atoms with Crippen molar-refractivity contribution in [1.29, 1.82) is 0 Å². The monoisotopic (exact) mass is 433 g/mol. The molecule has 0 saturated carbocycles. The van der Waals surface area contributed by atoms with Crippen LogP contribution in [0.1, 0.15) is 30.9 Å². The van der Waals surface area contributed by atoms with E-state index in [2.05, 4.69) is 75.5 Å². The minimum absolute atomic E-state index is 0.602. The molecular formula is C26H35N5O. The summed E-state index contributed by atoms with van der Waals surface area (Å²) in [5, 5.41) is 1.38. The molecule has 1 fully saturated rings. The lowest BCUT2D eigenvalue weighted by Gasteiger charge is -2.34. The second kappa shape index (κ2) is 10.2. The molecule has 0 amide bonds. The summed E-state index contributed by atoms with van der Waals surface area (Å²) in [6.45, 7) is 10.7. The molecule has 0 aliphatic carbocycles. The van der Waals surface area contributed by atoms with Gasteiger partial charge in [0.1, 0.15) is 5.76 Å². The van der Waals surface area contributed by atoms with Gasteiger partial charge in [0.05, 0.1) is 12.2 Å². The van der Waals surface area contributed by atoms with Crippen LogP contribution in [0.25, 0.3) is 16.7 Å². The Labute approximate surface area is 191 Å². The number of aryl methyl sites for hydroxylation is 1. The number of piperidine rings is 1. The molecule has 3 aromatic rings. The first-order valence-corrected chi connectivity index (χ1v) is 11.7. The van der Waals surface area contributed by atoms with Gasteiger partial charge in [-0.25, -0.2) is 9.97 Å². The number of rotatable bonds is 9. The van der Waals surface area contributed by atoms with Crippen molar-refractivity contribution in [3.63, 3.8) is 0 Å². The number of nitrogens with zero attached hydrogens (tertiary/aromatic N) is 5. The van der Waals surface area contributed by atoms with Crippen LogP contribution in [-0.2, 0) is 18.2 Å². The third-order valence-electron chi connectivity index (χ3n) is 6.49. The van der Waals surface area contributed by atoms with Crippen LogP contribution >= 0.6 is 0 Å². The first-order chi connectivity index (χ1) is 15.5. The standard InChI is InChI=1S/C26H35N5O/c1-5-32-20(2)23-16-27-26(28-17-23)31-14-10-21(11-15-31)18-29(3)13-12-22-19-30(4)25-9-7-6-8-24(22)25/h6-9,16-17,19,21H,2,5,10-15,18H2,1,3-4H3. The van der Waals surface area contributed by atoms with Crippen molar-refractivity contribution in [2.24, 2.45) is 13.0 Å². The quantitative estimate of drug-likeness (QED) is 0.469. The summed E-state index contributed by atoms with van der Waals surface area (Å²) >= 11 is 0. The molecule has 6 nitrogen and oxygen atoms in total. The summed E-state index contributed by atoms with van der Waals surface area (Å²) in [6.07, 6.45) is 9.35. The van der Waals surface area contributed by atoms with Crippen LogP contribution in [0.15, 0.2) is 49.4 Å². The second-order valence-electron chi connectivity index (χ2n) is 8.85. The van der Waals surface area contributed by atoms with Gasteiger partial charge in [0.2, 0.25) is 5.95 Å². The molecular weight excluding hydrogens is 398 g/mol. The summed E-state index contributed by atoms with van der Waals surface area (Å²) in [4.78, 5) is 13.9. The molecule has 1 aliphatic heterocycles. The zero-order valence-corrected chi connectivity index (χ0v) is 19.6. The molecule has 3 heterocycles. The van der Waals surface area contributed by atoms with E-state index in [0.29, 0.717) is 12.4 Å². The maximum Gasteiger partial charge on any atom is 0.225 e. The largest absolute Gasteiger partial charge is 0.494 e. The first kappa shape index (κ1) is 22.3. The number of anilines is 1. The summed E-state index contributed by atoms with van der Waals surface area (Å²) in [7, 11) is 4.39. The Morgan fingerprint density at radius 1 is 1.19 bits per heavy atom. The number of fused-ring (bicyclic) bond motifs is 1. The summed E-state index contributed by atoms with van der Waals surface area (Å²) in [6, 6.07) is 8.68. The zero-order valence-electron chi connectivity index (χ0n) is 19.6. The predicted molar refractivity (Wildman–Crippen MR) is 132 cm³/mol. The number of hydrogen-bond donors (Lipinski definition) is 0. The van der Waals surface area contributed by atoms with Crippen LogP contribution in [0, 0.1) is 5.92 Å². The number of hydrogen-bond acceptors (Lipinski definition) is 5. The third-order valence-corrected chi connectivity index (χ3v) is 6.49. The lowest BCUT2D eigenvalue weighted by atomic mass is 9.96. The van der Waals surface area contributed by atoms with E-state index >= 15 is 0 Å². The smallest absolute Gasteiger partial charge is 0.225 e. The van der Waals surface area contributed by atoms with Crippen LogP contribution in [0.4, 0.5) is 5.95 Å². The summed E-state index contributed by atoms with van der Waals surface area (Å²) < 4.78 is 7.68. The molecule has 1 aromatic carbocycles. The summed E-state index contributed by atoms with van der Waals surface area (Å²) in [5.74, 6) is 2.16. The lowest BCUT2D eigenvalue weighted by Crippen LogP contribution is -2.39. The van der Waals surface area contributed by atoms with E-state index in [-0.39, 0.29) is 0 Å². The highest BCUT2D eigenvalue weighted by atomic mass is 16.5. The normalized spacial score (nSPS) is 14.9. The molecule has 1 saturated heterocycles. The van der Waals surface area contributed by atoms with E-state index < -0.39 is 0 Å². The average Bonchev–Trinajstić information content (AvgIpc) is 3.14. The summed E-state index contributed by atoms with van der Waals surface area (Å²) in [5.41, 5.74) is 3.60. The van der Waals surface area contributed by atoms with E-state index in [1.165, 1.54) is 29.3 Å². The van der Waals surface area contributed by atoms with Crippen molar-refractivity contribution in [3.8, 4) is 0 Å².